The lowest BCUT2D eigenvalue weighted by molar-refractivity contribution is -0.147. The van der Waals surface area contributed by atoms with Crippen LogP contribution in [0.5, 0.6) is 0 Å². The zero-order valence-electron chi connectivity index (χ0n) is 17.7. The summed E-state index contributed by atoms with van der Waals surface area (Å²) in [6.07, 6.45) is 3.88. The van der Waals surface area contributed by atoms with E-state index in [0.29, 0.717) is 30.0 Å². The van der Waals surface area contributed by atoms with E-state index in [1.54, 1.807) is 12.1 Å². The molecule has 1 saturated carbocycles. The standard InChI is InChI=1S/C22H27N3O6/c1-3-15-8-10-22(11-9-15)20(29)25(21(30)24-22)12-19(28)31-13-18(27)16-4-6-17(7-5-16)23-14(2)26/h4-7,15H,3,8-13H2,1-2H3,(H,23,26)(H,24,30). The van der Waals surface area contributed by atoms with Crippen LogP contribution in [-0.4, -0.2) is 53.2 Å². The van der Waals surface area contributed by atoms with Gasteiger partial charge < -0.3 is 15.4 Å². The van der Waals surface area contributed by atoms with E-state index < -0.39 is 42.4 Å². The van der Waals surface area contributed by atoms with Gasteiger partial charge in [-0.05, 0) is 55.9 Å². The number of urea groups is 1. The molecule has 0 aromatic heterocycles. The molecule has 3 rings (SSSR count). The first kappa shape index (κ1) is 22.5. The van der Waals surface area contributed by atoms with Crippen LogP contribution >= 0.6 is 0 Å². The fraction of sp³-hybridized carbons (Fsp3) is 0.500. The molecule has 1 saturated heterocycles. The molecule has 1 spiro atoms. The lowest BCUT2D eigenvalue weighted by Gasteiger charge is -2.34. The van der Waals surface area contributed by atoms with Gasteiger partial charge in [0, 0.05) is 18.2 Å². The molecule has 2 N–H and O–H groups in total. The van der Waals surface area contributed by atoms with E-state index in [0.717, 1.165) is 24.2 Å². The van der Waals surface area contributed by atoms with Crippen LogP contribution in [0, 0.1) is 5.92 Å². The van der Waals surface area contributed by atoms with E-state index in [1.807, 2.05) is 0 Å². The van der Waals surface area contributed by atoms with E-state index in [1.165, 1.54) is 19.1 Å². The maximum atomic E-state index is 12.8. The number of benzene rings is 1. The summed E-state index contributed by atoms with van der Waals surface area (Å²) in [6, 6.07) is 5.55. The van der Waals surface area contributed by atoms with Crippen LogP contribution in [0.4, 0.5) is 10.5 Å². The Kier molecular flexibility index (Phi) is 6.72. The molecule has 2 fully saturated rings. The minimum atomic E-state index is -0.922. The molecule has 0 unspecified atom stereocenters. The number of carbonyl (C=O) groups excluding carboxylic acids is 5. The number of nitrogens with zero attached hydrogens (tertiary/aromatic N) is 1. The Hall–Kier alpha value is -3.23. The number of ether oxygens (including phenoxy) is 1. The minimum Gasteiger partial charge on any atom is -0.456 e. The van der Waals surface area contributed by atoms with Crippen molar-refractivity contribution >= 4 is 35.3 Å². The van der Waals surface area contributed by atoms with E-state index in [2.05, 4.69) is 17.6 Å². The molecule has 9 heteroatoms. The normalized spacial score (nSPS) is 22.9. The predicted molar refractivity (Wildman–Crippen MR) is 111 cm³/mol. The Morgan fingerprint density at radius 2 is 1.81 bits per heavy atom. The van der Waals surface area contributed by atoms with Gasteiger partial charge in [0.15, 0.2) is 12.4 Å². The first-order valence-electron chi connectivity index (χ1n) is 10.4. The van der Waals surface area contributed by atoms with Gasteiger partial charge in [0.1, 0.15) is 12.1 Å². The lowest BCUT2D eigenvalue weighted by atomic mass is 9.75. The zero-order chi connectivity index (χ0) is 22.6. The Labute approximate surface area is 180 Å². The van der Waals surface area contributed by atoms with E-state index in [-0.39, 0.29) is 5.91 Å². The number of hydrogen-bond donors (Lipinski definition) is 2. The molecule has 0 radical (unpaired) electrons. The van der Waals surface area contributed by atoms with Crippen molar-refractivity contribution in [1.82, 2.24) is 10.2 Å². The van der Waals surface area contributed by atoms with Crippen molar-refractivity contribution in [2.75, 3.05) is 18.5 Å². The molecule has 1 heterocycles. The number of nitrogens with one attached hydrogen (secondary N) is 2. The van der Waals surface area contributed by atoms with Gasteiger partial charge in [0.2, 0.25) is 5.91 Å². The SMILES string of the molecule is CCC1CCC2(CC1)NC(=O)N(CC(=O)OCC(=O)c1ccc(NC(C)=O)cc1)C2=O. The van der Waals surface area contributed by atoms with Crippen LogP contribution in [0.1, 0.15) is 56.3 Å². The third-order valence-corrected chi connectivity index (χ3v) is 5.96. The van der Waals surface area contributed by atoms with Crippen LogP contribution in [0.3, 0.4) is 0 Å². The molecule has 0 atom stereocenters. The average Bonchev–Trinajstić information content (AvgIpc) is 2.96. The molecule has 1 aliphatic heterocycles. The molecule has 31 heavy (non-hydrogen) atoms. The summed E-state index contributed by atoms with van der Waals surface area (Å²) in [5, 5.41) is 5.35. The van der Waals surface area contributed by atoms with Gasteiger partial charge >= 0.3 is 12.0 Å². The van der Waals surface area contributed by atoms with Crippen molar-refractivity contribution in [2.24, 2.45) is 5.92 Å². The van der Waals surface area contributed by atoms with E-state index in [9.17, 15) is 24.0 Å². The molecule has 1 aromatic carbocycles. The third kappa shape index (κ3) is 5.10. The number of carbonyl (C=O) groups is 5. The predicted octanol–water partition coefficient (Wildman–Crippen LogP) is 2.26. The zero-order valence-corrected chi connectivity index (χ0v) is 17.7. The highest BCUT2D eigenvalue weighted by Crippen LogP contribution is 2.37. The second-order valence-corrected chi connectivity index (χ2v) is 8.10. The van der Waals surface area contributed by atoms with Gasteiger partial charge in [0.05, 0.1) is 0 Å². The number of rotatable bonds is 7. The number of amides is 4. The highest BCUT2D eigenvalue weighted by molar-refractivity contribution is 6.09. The van der Waals surface area contributed by atoms with Crippen molar-refractivity contribution in [1.29, 1.82) is 0 Å². The quantitative estimate of drug-likeness (QED) is 0.390. The largest absolute Gasteiger partial charge is 0.456 e. The van der Waals surface area contributed by atoms with Crippen LogP contribution in [-0.2, 0) is 19.1 Å². The molecule has 2 aliphatic rings. The number of imide groups is 1. The highest BCUT2D eigenvalue weighted by atomic mass is 16.5. The third-order valence-electron chi connectivity index (χ3n) is 5.96. The number of Topliss-reactive ketones (excluding diaryl/α,β-unsaturated/α-hetero) is 1. The molecular weight excluding hydrogens is 402 g/mol. The Bertz CT molecular complexity index is 887. The van der Waals surface area contributed by atoms with Crippen molar-refractivity contribution in [3.05, 3.63) is 29.8 Å². The molecule has 1 aliphatic carbocycles. The fourth-order valence-electron chi connectivity index (χ4n) is 4.08. The maximum Gasteiger partial charge on any atom is 0.326 e. The summed E-state index contributed by atoms with van der Waals surface area (Å²) in [6.45, 7) is 2.45. The smallest absolute Gasteiger partial charge is 0.326 e. The molecule has 9 nitrogen and oxygen atoms in total. The fourth-order valence-corrected chi connectivity index (χ4v) is 4.08. The second-order valence-electron chi connectivity index (χ2n) is 8.10. The van der Waals surface area contributed by atoms with Gasteiger partial charge in [-0.2, -0.15) is 0 Å². The summed E-state index contributed by atoms with van der Waals surface area (Å²) >= 11 is 0. The molecule has 0 bridgehead atoms. The maximum absolute atomic E-state index is 12.8. The molecular formula is C22H27N3O6. The topological polar surface area (TPSA) is 122 Å². The highest BCUT2D eigenvalue weighted by Gasteiger charge is 2.52. The lowest BCUT2D eigenvalue weighted by Crippen LogP contribution is -2.49. The van der Waals surface area contributed by atoms with Crippen molar-refractivity contribution in [2.45, 2.75) is 51.5 Å². The molecule has 4 amide bonds. The number of esters is 1. The summed E-state index contributed by atoms with van der Waals surface area (Å²) in [5.74, 6) is -1.34. The van der Waals surface area contributed by atoms with E-state index >= 15 is 0 Å². The van der Waals surface area contributed by atoms with Crippen molar-refractivity contribution in [3.8, 4) is 0 Å². The summed E-state index contributed by atoms with van der Waals surface area (Å²) in [7, 11) is 0. The molecule has 166 valence electrons. The summed E-state index contributed by atoms with van der Waals surface area (Å²) in [5.41, 5.74) is -0.0702. The monoisotopic (exact) mass is 429 g/mol. The van der Waals surface area contributed by atoms with Gasteiger partial charge in [0.25, 0.3) is 5.91 Å². The number of anilines is 1. The van der Waals surface area contributed by atoms with Crippen LogP contribution in [0.15, 0.2) is 24.3 Å². The Morgan fingerprint density at radius 3 is 2.39 bits per heavy atom. The number of ketones is 1. The van der Waals surface area contributed by atoms with E-state index in [4.69, 9.17) is 4.74 Å². The van der Waals surface area contributed by atoms with Crippen LogP contribution in [0.25, 0.3) is 0 Å². The van der Waals surface area contributed by atoms with Gasteiger partial charge in [-0.3, -0.25) is 24.1 Å². The van der Waals surface area contributed by atoms with Gasteiger partial charge in [-0.1, -0.05) is 13.3 Å². The van der Waals surface area contributed by atoms with Gasteiger partial charge in [-0.15, -0.1) is 0 Å². The van der Waals surface area contributed by atoms with Crippen molar-refractivity contribution in [3.63, 3.8) is 0 Å². The van der Waals surface area contributed by atoms with Crippen LogP contribution in [0.2, 0.25) is 0 Å². The molecule has 1 aromatic rings. The van der Waals surface area contributed by atoms with Gasteiger partial charge in [-0.25, -0.2) is 4.79 Å². The van der Waals surface area contributed by atoms with Crippen LogP contribution < -0.4 is 10.6 Å². The second kappa shape index (κ2) is 9.28. The summed E-state index contributed by atoms with van der Waals surface area (Å²) in [4.78, 5) is 61.4. The Morgan fingerprint density at radius 1 is 1.16 bits per heavy atom. The first-order valence-corrected chi connectivity index (χ1v) is 10.4. The average molecular weight is 429 g/mol. The Balaban J connectivity index is 1.51. The summed E-state index contributed by atoms with van der Waals surface area (Å²) < 4.78 is 4.99. The minimum absolute atomic E-state index is 0.228. The van der Waals surface area contributed by atoms with Crippen molar-refractivity contribution < 1.29 is 28.7 Å². The first-order chi connectivity index (χ1) is 14.7. The number of hydrogen-bond acceptors (Lipinski definition) is 6.